The van der Waals surface area contributed by atoms with Gasteiger partial charge in [0.25, 0.3) is 0 Å². The van der Waals surface area contributed by atoms with Crippen molar-refractivity contribution in [1.82, 2.24) is 9.97 Å². The summed E-state index contributed by atoms with van der Waals surface area (Å²) in [5.41, 5.74) is 3.03. The number of benzene rings is 3. The normalized spacial score (nSPS) is 10.8. The van der Waals surface area contributed by atoms with Gasteiger partial charge in [0.05, 0.1) is 5.52 Å². The van der Waals surface area contributed by atoms with Crippen LogP contribution in [-0.2, 0) is 13.0 Å². The molecule has 6 heteroatoms. The summed E-state index contributed by atoms with van der Waals surface area (Å²) in [5.74, 6) is 1.07. The zero-order chi connectivity index (χ0) is 20.1. The summed E-state index contributed by atoms with van der Waals surface area (Å²) >= 11 is 5.94. The zero-order valence-electron chi connectivity index (χ0n) is 15.7. The largest absolute Gasteiger partial charge is 0.365 e. The van der Waals surface area contributed by atoms with Crippen LogP contribution in [0.25, 0.3) is 10.9 Å². The number of nitrogens with one attached hydrogen (secondary N) is 2. The number of halogens is 2. The lowest BCUT2D eigenvalue weighted by Gasteiger charge is -2.12. The molecule has 1 aromatic heterocycles. The predicted molar refractivity (Wildman–Crippen MR) is 117 cm³/mol. The van der Waals surface area contributed by atoms with Gasteiger partial charge in [-0.1, -0.05) is 48.0 Å². The van der Waals surface area contributed by atoms with E-state index in [1.165, 1.54) is 17.7 Å². The summed E-state index contributed by atoms with van der Waals surface area (Å²) in [6, 6.07) is 22.1. The number of rotatable bonds is 7. The summed E-state index contributed by atoms with van der Waals surface area (Å²) in [5, 5.41) is 8.33. The molecule has 3 aromatic carbocycles. The first-order valence-corrected chi connectivity index (χ1v) is 9.78. The highest BCUT2D eigenvalue weighted by molar-refractivity contribution is 6.30. The Kier molecular flexibility index (Phi) is 5.86. The van der Waals surface area contributed by atoms with Crippen LogP contribution in [0, 0.1) is 5.82 Å². The van der Waals surface area contributed by atoms with Crippen LogP contribution in [-0.4, -0.2) is 16.5 Å². The second-order valence-corrected chi connectivity index (χ2v) is 7.13. The van der Waals surface area contributed by atoms with Crippen LogP contribution >= 0.6 is 11.6 Å². The molecule has 1 heterocycles. The first-order valence-electron chi connectivity index (χ1n) is 9.41. The van der Waals surface area contributed by atoms with E-state index in [-0.39, 0.29) is 5.82 Å². The molecule has 29 heavy (non-hydrogen) atoms. The van der Waals surface area contributed by atoms with Gasteiger partial charge in [-0.05, 0) is 53.9 Å². The van der Waals surface area contributed by atoms with Gasteiger partial charge in [-0.25, -0.2) is 9.37 Å². The van der Waals surface area contributed by atoms with Crippen molar-refractivity contribution >= 4 is 34.3 Å². The van der Waals surface area contributed by atoms with Gasteiger partial charge in [0, 0.05) is 23.5 Å². The van der Waals surface area contributed by atoms with Crippen molar-refractivity contribution in [3.8, 4) is 0 Å². The number of fused-ring (bicyclic) bond motifs is 1. The average Bonchev–Trinajstić information content (AvgIpc) is 2.74. The molecule has 0 aliphatic carbocycles. The Morgan fingerprint density at radius 2 is 1.52 bits per heavy atom. The third-order valence-electron chi connectivity index (χ3n) is 4.59. The minimum Gasteiger partial charge on any atom is -0.365 e. The molecule has 0 saturated carbocycles. The van der Waals surface area contributed by atoms with Gasteiger partial charge in [-0.2, -0.15) is 4.98 Å². The molecule has 0 radical (unpaired) electrons. The Morgan fingerprint density at radius 3 is 2.31 bits per heavy atom. The molecule has 4 rings (SSSR count). The fourth-order valence-electron chi connectivity index (χ4n) is 3.05. The third-order valence-corrected chi connectivity index (χ3v) is 4.84. The van der Waals surface area contributed by atoms with E-state index in [0.29, 0.717) is 19.0 Å². The van der Waals surface area contributed by atoms with Crippen LogP contribution in [0.5, 0.6) is 0 Å². The van der Waals surface area contributed by atoms with E-state index in [1.54, 1.807) is 12.1 Å². The quantitative estimate of drug-likeness (QED) is 0.414. The van der Waals surface area contributed by atoms with Crippen molar-refractivity contribution in [2.75, 3.05) is 17.2 Å². The van der Waals surface area contributed by atoms with Gasteiger partial charge in [-0.3, -0.25) is 0 Å². The summed E-state index contributed by atoms with van der Waals surface area (Å²) in [7, 11) is 0. The predicted octanol–water partition coefficient (Wildman–Crippen LogP) is 5.69. The molecule has 2 N–H and O–H groups in total. The molecule has 0 aliphatic rings. The van der Waals surface area contributed by atoms with Crippen LogP contribution in [0.4, 0.5) is 16.2 Å². The lowest BCUT2D eigenvalue weighted by molar-refractivity contribution is 0.627. The molecule has 0 spiro atoms. The van der Waals surface area contributed by atoms with E-state index in [1.807, 2.05) is 48.5 Å². The van der Waals surface area contributed by atoms with E-state index >= 15 is 0 Å². The number of nitrogens with zero attached hydrogens (tertiary/aromatic N) is 2. The minimum atomic E-state index is -0.242. The molecule has 146 valence electrons. The summed E-state index contributed by atoms with van der Waals surface area (Å²) < 4.78 is 13.1. The molecule has 0 atom stereocenters. The van der Waals surface area contributed by atoms with Crippen LogP contribution in [0.3, 0.4) is 0 Å². The average molecular weight is 407 g/mol. The molecule has 0 bridgehead atoms. The molecule has 0 saturated heterocycles. The van der Waals surface area contributed by atoms with Crippen molar-refractivity contribution in [3.63, 3.8) is 0 Å². The Morgan fingerprint density at radius 1 is 0.793 bits per heavy atom. The van der Waals surface area contributed by atoms with Gasteiger partial charge < -0.3 is 10.6 Å². The van der Waals surface area contributed by atoms with Gasteiger partial charge >= 0.3 is 0 Å². The molecule has 0 unspecified atom stereocenters. The molecule has 0 aliphatic heterocycles. The number of hydrogen-bond acceptors (Lipinski definition) is 4. The van der Waals surface area contributed by atoms with E-state index in [0.717, 1.165) is 33.7 Å². The standard InChI is InChI=1S/C23H20ClFN4/c24-18-9-5-16(6-10-18)13-14-26-23-28-21-4-2-1-3-20(21)22(29-23)27-15-17-7-11-19(25)12-8-17/h1-12H,13-15H2,(H2,26,27,28,29). The second kappa shape index (κ2) is 8.88. The number of hydrogen-bond donors (Lipinski definition) is 2. The molecular formula is C23H20ClFN4. The summed E-state index contributed by atoms with van der Waals surface area (Å²) in [6.07, 6.45) is 0.839. The molecule has 4 nitrogen and oxygen atoms in total. The van der Waals surface area contributed by atoms with Gasteiger partial charge in [-0.15, -0.1) is 0 Å². The van der Waals surface area contributed by atoms with Crippen molar-refractivity contribution in [1.29, 1.82) is 0 Å². The van der Waals surface area contributed by atoms with Crippen LogP contribution in [0.1, 0.15) is 11.1 Å². The topological polar surface area (TPSA) is 49.8 Å². The highest BCUT2D eigenvalue weighted by Gasteiger charge is 2.07. The third kappa shape index (κ3) is 5.00. The van der Waals surface area contributed by atoms with Crippen molar-refractivity contribution in [2.24, 2.45) is 0 Å². The molecule has 4 aromatic rings. The first-order chi connectivity index (χ1) is 14.2. The van der Waals surface area contributed by atoms with Gasteiger partial charge in [0.15, 0.2) is 0 Å². The maximum Gasteiger partial charge on any atom is 0.225 e. The van der Waals surface area contributed by atoms with Crippen LogP contribution in [0.2, 0.25) is 5.02 Å². The van der Waals surface area contributed by atoms with E-state index < -0.39 is 0 Å². The number of para-hydroxylation sites is 1. The molecule has 0 amide bonds. The van der Waals surface area contributed by atoms with Crippen molar-refractivity contribution in [2.45, 2.75) is 13.0 Å². The van der Waals surface area contributed by atoms with Gasteiger partial charge in [0.2, 0.25) is 5.95 Å². The van der Waals surface area contributed by atoms with Crippen molar-refractivity contribution < 1.29 is 4.39 Å². The van der Waals surface area contributed by atoms with E-state index in [9.17, 15) is 4.39 Å². The van der Waals surface area contributed by atoms with Crippen LogP contribution < -0.4 is 10.6 Å². The van der Waals surface area contributed by atoms with Crippen LogP contribution in [0.15, 0.2) is 72.8 Å². The lowest BCUT2D eigenvalue weighted by Crippen LogP contribution is -2.10. The molecular weight excluding hydrogens is 387 g/mol. The fourth-order valence-corrected chi connectivity index (χ4v) is 3.17. The fraction of sp³-hybridized carbons (Fsp3) is 0.130. The van der Waals surface area contributed by atoms with E-state index in [4.69, 9.17) is 11.6 Å². The zero-order valence-corrected chi connectivity index (χ0v) is 16.5. The maximum absolute atomic E-state index is 13.1. The van der Waals surface area contributed by atoms with E-state index in [2.05, 4.69) is 20.6 Å². The monoisotopic (exact) mass is 406 g/mol. The Balaban J connectivity index is 1.48. The van der Waals surface area contributed by atoms with Crippen molar-refractivity contribution in [3.05, 3.63) is 94.8 Å². The Hall–Kier alpha value is -3.18. The minimum absolute atomic E-state index is 0.242. The first kappa shape index (κ1) is 19.2. The Bertz CT molecular complexity index is 1100. The lowest BCUT2D eigenvalue weighted by atomic mass is 10.1. The summed E-state index contributed by atoms with van der Waals surface area (Å²) in [6.45, 7) is 1.25. The summed E-state index contributed by atoms with van der Waals surface area (Å²) in [4.78, 5) is 9.27. The van der Waals surface area contributed by atoms with Gasteiger partial charge in [0.1, 0.15) is 11.6 Å². The highest BCUT2D eigenvalue weighted by atomic mass is 35.5. The maximum atomic E-state index is 13.1. The smallest absolute Gasteiger partial charge is 0.225 e. The SMILES string of the molecule is Fc1ccc(CNc2nc(NCCc3ccc(Cl)cc3)nc3ccccc23)cc1. The highest BCUT2D eigenvalue weighted by Crippen LogP contribution is 2.22. The molecule has 0 fully saturated rings. The number of aromatic nitrogens is 2. The Labute approximate surface area is 173 Å². The number of anilines is 2. The second-order valence-electron chi connectivity index (χ2n) is 6.70.